The highest BCUT2D eigenvalue weighted by molar-refractivity contribution is 5.81. The molecule has 0 saturated carbocycles. The molecule has 1 aliphatic heterocycles. The van der Waals surface area contributed by atoms with Crippen molar-refractivity contribution in [2.75, 3.05) is 31.1 Å². The van der Waals surface area contributed by atoms with Crippen LogP contribution in [0.25, 0.3) is 11.2 Å². The number of anilines is 1. The van der Waals surface area contributed by atoms with Gasteiger partial charge in [-0.25, -0.2) is 9.78 Å². The number of fused-ring (bicyclic) bond motifs is 1. The van der Waals surface area contributed by atoms with E-state index >= 15 is 0 Å². The number of amides is 1. The molecule has 2 N–H and O–H groups in total. The fraction of sp³-hybridized carbons (Fsp3) is 0.625. The normalized spacial score (nSPS) is 15.8. The Morgan fingerprint density at radius 3 is 2.67 bits per heavy atom. The lowest BCUT2D eigenvalue weighted by molar-refractivity contribution is -0.367. The van der Waals surface area contributed by atoms with E-state index in [0.29, 0.717) is 13.1 Å². The standard InChI is InChI=1S/C16H24N6O2/c1-5-11-19-12-13(20-11)17-10-18-14(12)21-6-8-22(9-7-21)15(23)24-16(2,3)4/h10H,5-9H2,1-4H3,(H,17,18,19,20)/p+1. The highest BCUT2D eigenvalue weighted by atomic mass is 16.6. The van der Waals surface area contributed by atoms with Gasteiger partial charge >= 0.3 is 6.09 Å². The molecular weight excluding hydrogens is 308 g/mol. The molecule has 2 aromatic rings. The molecule has 3 rings (SSSR count). The summed E-state index contributed by atoms with van der Waals surface area (Å²) in [4.78, 5) is 31.4. The van der Waals surface area contributed by atoms with Crippen molar-refractivity contribution in [3.63, 3.8) is 0 Å². The molecule has 2 aromatic heterocycles. The number of carbonyl (C=O) groups excluding carboxylic acids is 1. The Kier molecular flexibility index (Phi) is 4.29. The molecule has 130 valence electrons. The SMILES string of the molecule is CCc1nc2nc[nH+]c(N3CCN(C(=O)OC(C)(C)C)CC3)c2[nH]1. The Morgan fingerprint density at radius 1 is 1.33 bits per heavy atom. The van der Waals surface area contributed by atoms with Gasteiger partial charge in [0, 0.05) is 6.42 Å². The van der Waals surface area contributed by atoms with E-state index in [0.717, 1.165) is 42.3 Å². The molecule has 0 bridgehead atoms. The number of hydrogen-bond donors (Lipinski definition) is 1. The van der Waals surface area contributed by atoms with Crippen LogP contribution in [0.15, 0.2) is 6.33 Å². The van der Waals surface area contributed by atoms with Crippen LogP contribution in [0.4, 0.5) is 10.6 Å². The van der Waals surface area contributed by atoms with Crippen LogP contribution in [0.3, 0.4) is 0 Å². The van der Waals surface area contributed by atoms with Gasteiger partial charge in [0.2, 0.25) is 6.33 Å². The van der Waals surface area contributed by atoms with Crippen LogP contribution in [0.2, 0.25) is 0 Å². The first-order valence-electron chi connectivity index (χ1n) is 8.35. The van der Waals surface area contributed by atoms with Crippen LogP contribution in [0.5, 0.6) is 0 Å². The predicted octanol–water partition coefficient (Wildman–Crippen LogP) is 1.39. The summed E-state index contributed by atoms with van der Waals surface area (Å²) in [5.74, 6) is 1.89. The number of aromatic nitrogens is 4. The van der Waals surface area contributed by atoms with Gasteiger partial charge in [-0.05, 0) is 20.8 Å². The zero-order chi connectivity index (χ0) is 17.3. The lowest BCUT2D eigenvalue weighted by Gasteiger charge is -2.33. The monoisotopic (exact) mass is 333 g/mol. The molecule has 24 heavy (non-hydrogen) atoms. The number of aryl methyl sites for hydroxylation is 1. The molecule has 0 unspecified atom stereocenters. The Labute approximate surface area is 141 Å². The minimum absolute atomic E-state index is 0.249. The number of rotatable bonds is 2. The lowest BCUT2D eigenvalue weighted by Crippen LogP contribution is -2.51. The Balaban J connectivity index is 1.71. The van der Waals surface area contributed by atoms with E-state index in [4.69, 9.17) is 4.74 Å². The van der Waals surface area contributed by atoms with E-state index in [-0.39, 0.29) is 6.09 Å². The van der Waals surface area contributed by atoms with Crippen LogP contribution in [-0.4, -0.2) is 57.7 Å². The number of nitrogens with zero attached hydrogens (tertiary/aromatic N) is 4. The molecule has 0 aromatic carbocycles. The molecule has 0 spiro atoms. The summed E-state index contributed by atoms with van der Waals surface area (Å²) in [5.41, 5.74) is 1.17. The van der Waals surface area contributed by atoms with Crippen molar-refractivity contribution in [3.05, 3.63) is 12.2 Å². The number of aromatic amines is 2. The summed E-state index contributed by atoms with van der Waals surface area (Å²) in [6.07, 6.45) is 2.25. The largest absolute Gasteiger partial charge is 0.444 e. The summed E-state index contributed by atoms with van der Waals surface area (Å²) in [7, 11) is 0. The molecular formula is C16H25N6O2+. The average Bonchev–Trinajstić information content (AvgIpc) is 2.96. The van der Waals surface area contributed by atoms with Gasteiger partial charge in [-0.3, -0.25) is 4.90 Å². The minimum Gasteiger partial charge on any atom is -0.444 e. The average molecular weight is 333 g/mol. The van der Waals surface area contributed by atoms with Gasteiger partial charge in [0.25, 0.3) is 11.5 Å². The second kappa shape index (κ2) is 6.26. The fourth-order valence-electron chi connectivity index (χ4n) is 2.75. The van der Waals surface area contributed by atoms with Crippen LogP contribution in [0.1, 0.15) is 33.5 Å². The molecule has 1 fully saturated rings. The van der Waals surface area contributed by atoms with Crippen LogP contribution in [0, 0.1) is 0 Å². The summed E-state index contributed by atoms with van der Waals surface area (Å²) < 4.78 is 5.44. The zero-order valence-corrected chi connectivity index (χ0v) is 14.7. The maximum absolute atomic E-state index is 12.2. The second-order valence-electron chi connectivity index (χ2n) is 6.94. The van der Waals surface area contributed by atoms with Crippen LogP contribution < -0.4 is 9.88 Å². The molecule has 0 radical (unpaired) electrons. The highest BCUT2D eigenvalue weighted by Crippen LogP contribution is 2.20. The zero-order valence-electron chi connectivity index (χ0n) is 14.7. The van der Waals surface area contributed by atoms with E-state index in [1.807, 2.05) is 20.8 Å². The topological polar surface area (TPSA) is 88.5 Å². The molecule has 1 saturated heterocycles. The molecule has 8 heteroatoms. The third-order valence-corrected chi connectivity index (χ3v) is 3.94. The maximum Gasteiger partial charge on any atom is 0.410 e. The number of carbonyl (C=O) groups is 1. The molecule has 0 aliphatic carbocycles. The quantitative estimate of drug-likeness (QED) is 0.897. The Bertz CT molecular complexity index is 728. The van der Waals surface area contributed by atoms with Crippen molar-refractivity contribution in [2.24, 2.45) is 0 Å². The van der Waals surface area contributed by atoms with Crippen molar-refractivity contribution in [1.82, 2.24) is 19.9 Å². The van der Waals surface area contributed by atoms with Crippen LogP contribution >= 0.6 is 0 Å². The molecule has 0 atom stereocenters. The number of H-pyrrole nitrogens is 2. The molecule has 8 nitrogen and oxygen atoms in total. The first kappa shape index (κ1) is 16.5. The second-order valence-corrected chi connectivity index (χ2v) is 6.94. The number of piperazine rings is 1. The molecule has 1 amide bonds. The van der Waals surface area contributed by atoms with Gasteiger partial charge in [-0.2, -0.15) is 4.98 Å². The molecule has 1 aliphatic rings. The van der Waals surface area contributed by atoms with Gasteiger partial charge in [0.05, 0.1) is 26.2 Å². The van der Waals surface area contributed by atoms with Crippen LogP contribution in [-0.2, 0) is 11.2 Å². The summed E-state index contributed by atoms with van der Waals surface area (Å²) in [5, 5.41) is 0. The van der Waals surface area contributed by atoms with E-state index in [1.165, 1.54) is 0 Å². The Morgan fingerprint density at radius 2 is 2.04 bits per heavy atom. The maximum atomic E-state index is 12.2. The van der Waals surface area contributed by atoms with Crippen molar-refractivity contribution >= 4 is 23.1 Å². The fourth-order valence-corrected chi connectivity index (χ4v) is 2.75. The van der Waals surface area contributed by atoms with Crippen molar-refractivity contribution in [2.45, 2.75) is 39.7 Å². The lowest BCUT2D eigenvalue weighted by atomic mass is 10.2. The minimum atomic E-state index is -0.467. The summed E-state index contributed by atoms with van der Waals surface area (Å²) in [6.45, 7) is 10.4. The van der Waals surface area contributed by atoms with E-state index in [2.05, 4.69) is 31.8 Å². The number of imidazole rings is 1. The third-order valence-electron chi connectivity index (χ3n) is 3.94. The summed E-state index contributed by atoms with van der Waals surface area (Å²) in [6, 6.07) is 0. The molecule has 3 heterocycles. The van der Waals surface area contributed by atoms with Gasteiger partial charge in [-0.1, -0.05) is 11.9 Å². The Hall–Kier alpha value is -2.38. The van der Waals surface area contributed by atoms with Gasteiger partial charge < -0.3 is 14.6 Å². The van der Waals surface area contributed by atoms with Crippen molar-refractivity contribution in [3.8, 4) is 0 Å². The first-order valence-corrected chi connectivity index (χ1v) is 8.35. The van der Waals surface area contributed by atoms with Crippen molar-refractivity contribution < 1.29 is 14.5 Å². The van der Waals surface area contributed by atoms with E-state index in [9.17, 15) is 4.79 Å². The number of ether oxygens (including phenoxy) is 1. The number of nitrogens with one attached hydrogen (secondary N) is 2. The summed E-state index contributed by atoms with van der Waals surface area (Å²) >= 11 is 0. The van der Waals surface area contributed by atoms with Crippen molar-refractivity contribution in [1.29, 1.82) is 0 Å². The predicted molar refractivity (Wildman–Crippen MR) is 89.8 cm³/mol. The first-order chi connectivity index (χ1) is 11.4. The van der Waals surface area contributed by atoms with Gasteiger partial charge in [-0.15, -0.1) is 0 Å². The number of hydrogen-bond acceptors (Lipinski definition) is 5. The smallest absolute Gasteiger partial charge is 0.410 e. The highest BCUT2D eigenvalue weighted by Gasteiger charge is 2.30. The van der Waals surface area contributed by atoms with E-state index < -0.39 is 5.60 Å². The van der Waals surface area contributed by atoms with E-state index in [1.54, 1.807) is 11.2 Å². The van der Waals surface area contributed by atoms with Gasteiger partial charge in [0.15, 0.2) is 5.52 Å². The third kappa shape index (κ3) is 3.42. The van der Waals surface area contributed by atoms with Gasteiger partial charge in [0.1, 0.15) is 11.4 Å².